The van der Waals surface area contributed by atoms with E-state index >= 15 is 0 Å². The van der Waals surface area contributed by atoms with Gasteiger partial charge in [-0.3, -0.25) is 4.79 Å². The van der Waals surface area contributed by atoms with Crippen LogP contribution in [0.15, 0.2) is 67.1 Å². The Morgan fingerprint density at radius 1 is 0.950 bits per heavy atom. The van der Waals surface area contributed by atoms with E-state index in [1.807, 2.05) is 42.5 Å². The molecule has 1 heterocycles. The zero-order valence-electron chi connectivity index (χ0n) is 10.9. The number of aromatic nitrogens is 2. The second-order valence-electron chi connectivity index (χ2n) is 4.63. The Balaban J connectivity index is 1.75. The van der Waals surface area contributed by atoms with Gasteiger partial charge in [-0.05, 0) is 16.7 Å². The van der Waals surface area contributed by atoms with Gasteiger partial charge in [0.15, 0.2) is 5.78 Å². The third-order valence-corrected chi connectivity index (χ3v) is 3.22. The summed E-state index contributed by atoms with van der Waals surface area (Å²) in [6.07, 6.45) is 3.46. The molecule has 0 unspecified atom stereocenters. The molecule has 98 valence electrons. The van der Waals surface area contributed by atoms with Gasteiger partial charge in [-0.15, -0.1) is 0 Å². The van der Waals surface area contributed by atoms with Crippen molar-refractivity contribution in [1.29, 1.82) is 0 Å². The normalized spacial score (nSPS) is 10.4. The number of ketones is 1. The zero-order chi connectivity index (χ0) is 13.8. The summed E-state index contributed by atoms with van der Waals surface area (Å²) in [5.74, 6) is 0.0509. The van der Waals surface area contributed by atoms with Crippen molar-refractivity contribution in [3.8, 4) is 11.1 Å². The fourth-order valence-electron chi connectivity index (χ4n) is 2.13. The van der Waals surface area contributed by atoms with E-state index < -0.39 is 0 Å². The van der Waals surface area contributed by atoms with Gasteiger partial charge < -0.3 is 4.98 Å². The van der Waals surface area contributed by atoms with Crippen molar-refractivity contribution >= 4 is 5.78 Å². The van der Waals surface area contributed by atoms with E-state index in [0.717, 1.165) is 11.1 Å². The second kappa shape index (κ2) is 5.53. The van der Waals surface area contributed by atoms with Crippen LogP contribution in [0.2, 0.25) is 0 Å². The monoisotopic (exact) mass is 262 g/mol. The molecule has 0 radical (unpaired) electrons. The Morgan fingerprint density at radius 3 is 2.30 bits per heavy atom. The van der Waals surface area contributed by atoms with Crippen LogP contribution >= 0.6 is 0 Å². The van der Waals surface area contributed by atoms with Crippen LogP contribution in [0.3, 0.4) is 0 Å². The topological polar surface area (TPSA) is 45.8 Å². The fourth-order valence-corrected chi connectivity index (χ4v) is 2.13. The minimum Gasteiger partial charge on any atom is -0.342 e. The first-order chi connectivity index (χ1) is 9.83. The van der Waals surface area contributed by atoms with Gasteiger partial charge in [-0.25, -0.2) is 4.98 Å². The maximum absolute atomic E-state index is 12.0. The summed E-state index contributed by atoms with van der Waals surface area (Å²) in [5, 5.41) is 0. The van der Waals surface area contributed by atoms with E-state index in [4.69, 9.17) is 0 Å². The van der Waals surface area contributed by atoms with E-state index in [2.05, 4.69) is 22.1 Å². The average molecular weight is 262 g/mol. The number of imidazole rings is 1. The van der Waals surface area contributed by atoms with E-state index in [1.165, 1.54) is 11.9 Å². The number of carbonyl (C=O) groups is 1. The highest BCUT2D eigenvalue weighted by molar-refractivity contribution is 5.95. The molecule has 1 N–H and O–H groups in total. The number of nitrogens with zero attached hydrogens (tertiary/aromatic N) is 1. The van der Waals surface area contributed by atoms with Crippen LogP contribution in [0, 0.1) is 0 Å². The smallest absolute Gasteiger partial charge is 0.184 e. The minimum atomic E-state index is 0.0509. The number of Topliss-reactive ketones (excluding diaryl/α,β-unsaturated/α-hetero) is 1. The quantitative estimate of drug-likeness (QED) is 0.731. The summed E-state index contributed by atoms with van der Waals surface area (Å²) in [7, 11) is 0. The van der Waals surface area contributed by atoms with E-state index in [0.29, 0.717) is 12.1 Å². The molecule has 3 nitrogen and oxygen atoms in total. The van der Waals surface area contributed by atoms with Gasteiger partial charge in [0, 0.05) is 6.42 Å². The Kier molecular flexibility index (Phi) is 3.42. The maximum atomic E-state index is 12.0. The molecule has 20 heavy (non-hydrogen) atoms. The van der Waals surface area contributed by atoms with Crippen LogP contribution in [0.4, 0.5) is 0 Å². The number of H-pyrrole nitrogens is 1. The number of carbonyl (C=O) groups excluding carboxylic acids is 1. The van der Waals surface area contributed by atoms with Crippen LogP contribution in [-0.4, -0.2) is 15.8 Å². The first-order valence-corrected chi connectivity index (χ1v) is 6.49. The number of aromatic amines is 1. The lowest BCUT2D eigenvalue weighted by Crippen LogP contribution is -2.03. The third kappa shape index (κ3) is 2.67. The molecule has 3 aromatic rings. The van der Waals surface area contributed by atoms with Crippen LogP contribution in [0.1, 0.15) is 16.1 Å². The molecule has 0 saturated carbocycles. The predicted octanol–water partition coefficient (Wildman–Crippen LogP) is 3.50. The van der Waals surface area contributed by atoms with Gasteiger partial charge in [-0.1, -0.05) is 54.6 Å². The lowest BCUT2D eigenvalue weighted by atomic mass is 10.0. The fraction of sp³-hybridized carbons (Fsp3) is 0.0588. The Hall–Kier alpha value is -2.68. The van der Waals surface area contributed by atoms with Gasteiger partial charge in [0.2, 0.25) is 0 Å². The molecular weight excluding hydrogens is 248 g/mol. The summed E-state index contributed by atoms with van der Waals surface area (Å²) in [6, 6.07) is 18.3. The Bertz CT molecular complexity index is 686. The minimum absolute atomic E-state index is 0.0509. The molecule has 3 heteroatoms. The molecule has 0 amide bonds. The number of benzene rings is 2. The zero-order valence-corrected chi connectivity index (χ0v) is 10.9. The molecule has 0 aliphatic rings. The number of hydrogen-bond donors (Lipinski definition) is 1. The third-order valence-electron chi connectivity index (χ3n) is 3.22. The Morgan fingerprint density at radius 2 is 1.65 bits per heavy atom. The molecular formula is C17H14N2O. The van der Waals surface area contributed by atoms with Gasteiger partial charge in [0.25, 0.3) is 0 Å². The molecule has 1 aromatic heterocycles. The van der Waals surface area contributed by atoms with Gasteiger partial charge in [0.05, 0.1) is 12.5 Å². The largest absolute Gasteiger partial charge is 0.342 e. The molecule has 3 rings (SSSR count). The molecule has 0 atom stereocenters. The van der Waals surface area contributed by atoms with E-state index in [9.17, 15) is 4.79 Å². The van der Waals surface area contributed by atoms with Crippen LogP contribution in [0.5, 0.6) is 0 Å². The molecule has 2 aromatic carbocycles. The number of nitrogens with one attached hydrogen (secondary N) is 1. The van der Waals surface area contributed by atoms with Crippen LogP contribution < -0.4 is 0 Å². The highest BCUT2D eigenvalue weighted by Crippen LogP contribution is 2.19. The molecule has 0 saturated heterocycles. The van der Waals surface area contributed by atoms with Crippen molar-refractivity contribution in [1.82, 2.24) is 9.97 Å². The van der Waals surface area contributed by atoms with Crippen LogP contribution in [0.25, 0.3) is 11.1 Å². The van der Waals surface area contributed by atoms with Crippen LogP contribution in [-0.2, 0) is 6.42 Å². The first-order valence-electron chi connectivity index (χ1n) is 6.49. The predicted molar refractivity (Wildman–Crippen MR) is 78.5 cm³/mol. The molecule has 0 spiro atoms. The standard InChI is InChI=1S/C17H14N2O/c20-17(16-11-18-12-19-16)10-13-6-8-15(9-7-13)14-4-2-1-3-5-14/h1-9,11-12H,10H2,(H,18,19). The van der Waals surface area contributed by atoms with Crippen molar-refractivity contribution < 1.29 is 4.79 Å². The maximum Gasteiger partial charge on any atom is 0.184 e. The van der Waals surface area contributed by atoms with Gasteiger partial charge in [-0.2, -0.15) is 0 Å². The summed E-state index contributed by atoms with van der Waals surface area (Å²) < 4.78 is 0. The second-order valence-corrected chi connectivity index (χ2v) is 4.63. The average Bonchev–Trinajstić information content (AvgIpc) is 3.03. The van der Waals surface area contributed by atoms with Crippen molar-refractivity contribution in [3.05, 3.63) is 78.4 Å². The summed E-state index contributed by atoms with van der Waals surface area (Å²) in [6.45, 7) is 0. The van der Waals surface area contributed by atoms with Gasteiger partial charge >= 0.3 is 0 Å². The highest BCUT2D eigenvalue weighted by atomic mass is 16.1. The molecule has 0 bridgehead atoms. The van der Waals surface area contributed by atoms with Gasteiger partial charge in [0.1, 0.15) is 5.69 Å². The molecule has 0 aliphatic heterocycles. The summed E-state index contributed by atoms with van der Waals surface area (Å²) in [5.41, 5.74) is 3.89. The Labute approximate surface area is 117 Å². The number of rotatable bonds is 4. The molecule has 0 aliphatic carbocycles. The SMILES string of the molecule is O=C(Cc1ccc(-c2ccccc2)cc1)c1cnc[nH]1. The van der Waals surface area contributed by atoms with Crippen molar-refractivity contribution in [2.75, 3.05) is 0 Å². The van der Waals surface area contributed by atoms with E-state index in [-0.39, 0.29) is 5.78 Å². The lowest BCUT2D eigenvalue weighted by molar-refractivity contribution is 0.0988. The van der Waals surface area contributed by atoms with E-state index in [1.54, 1.807) is 6.20 Å². The van der Waals surface area contributed by atoms with Crippen molar-refractivity contribution in [3.63, 3.8) is 0 Å². The highest BCUT2D eigenvalue weighted by Gasteiger charge is 2.08. The lowest BCUT2D eigenvalue weighted by Gasteiger charge is -2.03. The molecule has 0 fully saturated rings. The van der Waals surface area contributed by atoms with Crippen molar-refractivity contribution in [2.45, 2.75) is 6.42 Å². The van der Waals surface area contributed by atoms with Crippen molar-refractivity contribution in [2.24, 2.45) is 0 Å². The number of hydrogen-bond acceptors (Lipinski definition) is 2. The first kappa shape index (κ1) is 12.4. The summed E-state index contributed by atoms with van der Waals surface area (Å²) >= 11 is 0. The summed E-state index contributed by atoms with van der Waals surface area (Å²) in [4.78, 5) is 18.7.